The Balaban J connectivity index is 0.00000182. The van der Waals surface area contributed by atoms with Crippen LogP contribution in [0, 0.1) is 11.8 Å². The van der Waals surface area contributed by atoms with Crippen LogP contribution in [0.25, 0.3) is 0 Å². The Bertz CT molecular complexity index is 701. The smallest absolute Gasteiger partial charge is 0.335 e. The van der Waals surface area contributed by atoms with Gasteiger partial charge in [-0.25, -0.2) is 4.79 Å². The predicted octanol–water partition coefficient (Wildman–Crippen LogP) is 3.90. The molecular formula is C19H23ClN2O2S. The Morgan fingerprint density at radius 3 is 2.40 bits per heavy atom. The molecule has 0 saturated carbocycles. The molecule has 0 radical (unpaired) electrons. The summed E-state index contributed by atoms with van der Waals surface area (Å²) in [5.74, 6) is -0.228. The van der Waals surface area contributed by atoms with Gasteiger partial charge in [0, 0.05) is 23.0 Å². The second-order valence-electron chi connectivity index (χ2n) is 6.83. The molecule has 2 N–H and O–H groups in total. The minimum atomic E-state index is -1.06. The lowest BCUT2D eigenvalue weighted by Gasteiger charge is -2.51. The summed E-state index contributed by atoms with van der Waals surface area (Å²) in [4.78, 5) is 15.9. The summed E-state index contributed by atoms with van der Waals surface area (Å²) in [6, 6.07) is 13.7. The first-order valence-electron chi connectivity index (χ1n) is 8.53. The standard InChI is InChI=1S/C19H22N2O2S.ClH/c22-18(23)19(17-7-4-12-24-17,20-15-5-2-1-3-6-15)16-13-21-10-8-14(16)9-11-21;/h1-7,12,14,16,20H,8-11,13H2,(H,22,23);1H/t16?,19-;/m0./s1. The molecule has 5 rings (SSSR count). The van der Waals surface area contributed by atoms with Crippen LogP contribution >= 0.6 is 23.7 Å². The van der Waals surface area contributed by atoms with E-state index in [0.29, 0.717) is 5.92 Å². The highest BCUT2D eigenvalue weighted by Crippen LogP contribution is 2.46. The van der Waals surface area contributed by atoms with E-state index in [-0.39, 0.29) is 18.3 Å². The molecule has 2 bridgehead atoms. The Morgan fingerprint density at radius 1 is 1.16 bits per heavy atom. The van der Waals surface area contributed by atoms with Crippen molar-refractivity contribution >= 4 is 35.4 Å². The molecule has 3 saturated heterocycles. The normalized spacial score (nSPS) is 27.1. The summed E-state index contributed by atoms with van der Waals surface area (Å²) in [7, 11) is 0. The maximum atomic E-state index is 12.6. The molecule has 25 heavy (non-hydrogen) atoms. The average molecular weight is 379 g/mol. The van der Waals surface area contributed by atoms with Crippen molar-refractivity contribution in [3.8, 4) is 0 Å². The number of anilines is 1. The van der Waals surface area contributed by atoms with Gasteiger partial charge in [-0.05, 0) is 55.4 Å². The zero-order chi connectivity index (χ0) is 16.6. The third-order valence-electron chi connectivity index (χ3n) is 5.57. The van der Waals surface area contributed by atoms with Gasteiger partial charge in [-0.2, -0.15) is 0 Å². The molecule has 1 unspecified atom stereocenters. The summed E-state index contributed by atoms with van der Waals surface area (Å²) in [6.45, 7) is 3.06. The maximum absolute atomic E-state index is 12.6. The zero-order valence-corrected chi connectivity index (χ0v) is 15.6. The van der Waals surface area contributed by atoms with Gasteiger partial charge in [0.15, 0.2) is 5.54 Å². The van der Waals surface area contributed by atoms with Crippen molar-refractivity contribution in [2.45, 2.75) is 18.4 Å². The van der Waals surface area contributed by atoms with Crippen molar-refractivity contribution in [1.82, 2.24) is 4.90 Å². The van der Waals surface area contributed by atoms with Crippen molar-refractivity contribution < 1.29 is 9.90 Å². The van der Waals surface area contributed by atoms with E-state index in [0.717, 1.165) is 43.0 Å². The Morgan fingerprint density at radius 2 is 1.88 bits per heavy atom. The van der Waals surface area contributed by atoms with Crippen molar-refractivity contribution in [1.29, 1.82) is 0 Å². The Labute approximate surface area is 158 Å². The van der Waals surface area contributed by atoms with Gasteiger partial charge < -0.3 is 15.3 Å². The van der Waals surface area contributed by atoms with E-state index in [1.54, 1.807) is 0 Å². The quantitative estimate of drug-likeness (QED) is 0.828. The number of hydrogen-bond donors (Lipinski definition) is 2. The number of nitrogens with zero attached hydrogens (tertiary/aromatic N) is 1. The van der Waals surface area contributed by atoms with Crippen LogP contribution in [0.1, 0.15) is 17.7 Å². The highest BCUT2D eigenvalue weighted by atomic mass is 35.5. The first-order valence-corrected chi connectivity index (χ1v) is 9.41. The van der Waals surface area contributed by atoms with Crippen molar-refractivity contribution in [3.63, 3.8) is 0 Å². The van der Waals surface area contributed by atoms with E-state index in [4.69, 9.17) is 0 Å². The lowest BCUT2D eigenvalue weighted by Crippen LogP contribution is -2.60. The van der Waals surface area contributed by atoms with Crippen molar-refractivity contribution in [2.24, 2.45) is 11.8 Å². The number of benzene rings is 1. The van der Waals surface area contributed by atoms with Crippen molar-refractivity contribution in [3.05, 3.63) is 52.7 Å². The van der Waals surface area contributed by atoms with Gasteiger partial charge in [-0.1, -0.05) is 24.3 Å². The number of halogens is 1. The molecule has 0 spiro atoms. The number of carboxylic acid groups (broad SMARTS) is 1. The molecule has 0 aliphatic carbocycles. The van der Waals surface area contributed by atoms with Crippen LogP contribution in [0.15, 0.2) is 47.8 Å². The number of aliphatic carboxylic acids is 1. The first kappa shape index (κ1) is 18.2. The predicted molar refractivity (Wildman–Crippen MR) is 104 cm³/mol. The number of carbonyl (C=O) groups is 1. The molecule has 4 nitrogen and oxygen atoms in total. The van der Waals surface area contributed by atoms with E-state index >= 15 is 0 Å². The third-order valence-corrected chi connectivity index (χ3v) is 6.58. The number of rotatable bonds is 5. The van der Waals surface area contributed by atoms with Crippen LogP contribution in [0.3, 0.4) is 0 Å². The molecule has 0 amide bonds. The lowest BCUT2D eigenvalue weighted by molar-refractivity contribution is -0.148. The molecule has 3 aliphatic rings. The van der Waals surface area contributed by atoms with E-state index in [1.165, 1.54) is 11.3 Å². The highest BCUT2D eigenvalue weighted by Gasteiger charge is 2.54. The van der Waals surface area contributed by atoms with Gasteiger partial charge in [-0.15, -0.1) is 23.7 Å². The van der Waals surface area contributed by atoms with Gasteiger partial charge in [0.1, 0.15) is 0 Å². The third kappa shape index (κ3) is 3.16. The van der Waals surface area contributed by atoms with Gasteiger partial charge >= 0.3 is 5.97 Å². The summed E-state index contributed by atoms with van der Waals surface area (Å²) in [6.07, 6.45) is 2.20. The number of fused-ring (bicyclic) bond motifs is 3. The largest absolute Gasteiger partial charge is 0.479 e. The molecule has 1 aromatic heterocycles. The highest BCUT2D eigenvalue weighted by molar-refractivity contribution is 7.10. The number of para-hydroxylation sites is 1. The molecule has 3 fully saturated rings. The zero-order valence-electron chi connectivity index (χ0n) is 13.9. The molecule has 2 aromatic rings. The van der Waals surface area contributed by atoms with Crippen molar-refractivity contribution in [2.75, 3.05) is 25.0 Å². The minimum absolute atomic E-state index is 0. The van der Waals surface area contributed by atoms with Crippen LogP contribution in [-0.2, 0) is 10.3 Å². The van der Waals surface area contributed by atoms with Crippen LogP contribution in [0.4, 0.5) is 5.69 Å². The monoisotopic (exact) mass is 378 g/mol. The summed E-state index contributed by atoms with van der Waals surface area (Å²) in [5, 5.41) is 15.8. The lowest BCUT2D eigenvalue weighted by atomic mass is 9.67. The van der Waals surface area contributed by atoms with E-state index < -0.39 is 11.5 Å². The minimum Gasteiger partial charge on any atom is -0.479 e. The molecule has 134 valence electrons. The molecule has 3 aliphatic heterocycles. The van der Waals surface area contributed by atoms with E-state index in [1.807, 2.05) is 47.8 Å². The van der Waals surface area contributed by atoms with Gasteiger partial charge in [0.2, 0.25) is 0 Å². The molecule has 4 heterocycles. The van der Waals surface area contributed by atoms with Crippen LogP contribution in [0.2, 0.25) is 0 Å². The number of piperidine rings is 3. The summed E-state index contributed by atoms with van der Waals surface area (Å²) < 4.78 is 0. The molecular weight excluding hydrogens is 356 g/mol. The summed E-state index contributed by atoms with van der Waals surface area (Å²) >= 11 is 1.54. The Kier molecular flexibility index (Phi) is 5.37. The van der Waals surface area contributed by atoms with Crippen LogP contribution < -0.4 is 5.32 Å². The van der Waals surface area contributed by atoms with Crippen LogP contribution in [0.5, 0.6) is 0 Å². The first-order chi connectivity index (χ1) is 11.7. The van der Waals surface area contributed by atoms with E-state index in [2.05, 4.69) is 10.2 Å². The second-order valence-corrected chi connectivity index (χ2v) is 7.77. The number of nitrogens with one attached hydrogen (secondary N) is 1. The molecule has 2 atom stereocenters. The van der Waals surface area contributed by atoms with Gasteiger partial charge in [0.05, 0.1) is 0 Å². The number of carboxylic acids is 1. The fourth-order valence-corrected chi connectivity index (χ4v) is 5.30. The SMILES string of the molecule is Cl.O=C(O)[C@@](Nc1ccccc1)(c1cccs1)C1CN2CCC1CC2. The van der Waals surface area contributed by atoms with Gasteiger partial charge in [-0.3, -0.25) is 0 Å². The second kappa shape index (κ2) is 7.36. The molecule has 6 heteroatoms. The molecule has 1 aromatic carbocycles. The fraction of sp³-hybridized carbons (Fsp3) is 0.421. The fourth-order valence-electron chi connectivity index (χ4n) is 4.36. The Hall–Kier alpha value is -1.56. The van der Waals surface area contributed by atoms with Gasteiger partial charge in [0.25, 0.3) is 0 Å². The number of thiophene rings is 1. The number of hydrogen-bond acceptors (Lipinski definition) is 4. The van der Waals surface area contributed by atoms with Crippen LogP contribution in [-0.4, -0.2) is 35.6 Å². The summed E-state index contributed by atoms with van der Waals surface area (Å²) in [5.41, 5.74) is -0.191. The topological polar surface area (TPSA) is 52.6 Å². The maximum Gasteiger partial charge on any atom is 0.335 e. The average Bonchev–Trinajstić information content (AvgIpc) is 3.16. The van der Waals surface area contributed by atoms with E-state index in [9.17, 15) is 9.90 Å².